The topological polar surface area (TPSA) is 96.2 Å². The minimum absolute atomic E-state index is 0.0228. The third-order valence-electron chi connectivity index (χ3n) is 4.66. The van der Waals surface area contributed by atoms with Gasteiger partial charge in [-0.05, 0) is 29.3 Å². The van der Waals surface area contributed by atoms with E-state index in [-0.39, 0.29) is 5.91 Å². The Kier molecular flexibility index (Phi) is 5.05. The van der Waals surface area contributed by atoms with Gasteiger partial charge in [0.15, 0.2) is 0 Å². The molecule has 1 fully saturated rings. The van der Waals surface area contributed by atoms with E-state index in [1.807, 2.05) is 65.6 Å². The van der Waals surface area contributed by atoms with E-state index in [2.05, 4.69) is 20.6 Å². The van der Waals surface area contributed by atoms with E-state index in [4.69, 9.17) is 5.73 Å². The van der Waals surface area contributed by atoms with Crippen LogP contribution in [0.5, 0.6) is 0 Å². The molecular weight excluding hydrogens is 352 g/mol. The van der Waals surface area contributed by atoms with Crippen LogP contribution >= 0.6 is 0 Å². The van der Waals surface area contributed by atoms with Crippen molar-refractivity contribution >= 4 is 23.4 Å². The number of nitrogen functional groups attached to an aromatic ring is 1. The average molecular weight is 374 g/mol. The molecule has 28 heavy (non-hydrogen) atoms. The number of nitrogens with zero attached hydrogens (tertiary/aromatic N) is 3. The second-order valence-corrected chi connectivity index (χ2v) is 6.63. The maximum atomic E-state index is 12.6. The Morgan fingerprint density at radius 2 is 2.00 bits per heavy atom. The first-order valence-electron chi connectivity index (χ1n) is 9.21. The highest BCUT2D eigenvalue weighted by atomic mass is 16.2. The number of piperazine rings is 1. The van der Waals surface area contributed by atoms with Gasteiger partial charge in [-0.25, -0.2) is 4.98 Å². The fourth-order valence-electron chi connectivity index (χ4n) is 3.36. The van der Waals surface area contributed by atoms with Crippen LogP contribution in [0.1, 0.15) is 17.2 Å². The van der Waals surface area contributed by atoms with Crippen molar-refractivity contribution in [2.45, 2.75) is 12.6 Å². The summed E-state index contributed by atoms with van der Waals surface area (Å²) in [7, 11) is 0. The summed E-state index contributed by atoms with van der Waals surface area (Å²) in [5.74, 6) is 1.21. The SMILES string of the molecule is Nc1cccc(CNc2nccc(N3CCNC(=O)C3c3ccccc3)n2)c1. The van der Waals surface area contributed by atoms with Gasteiger partial charge in [-0.2, -0.15) is 4.98 Å². The normalized spacial score (nSPS) is 16.5. The van der Waals surface area contributed by atoms with Crippen LogP contribution in [0.3, 0.4) is 0 Å². The molecule has 4 rings (SSSR count). The molecule has 3 aromatic rings. The Morgan fingerprint density at radius 1 is 1.14 bits per heavy atom. The number of anilines is 3. The standard InChI is InChI=1S/C21H22N6O/c22-17-8-4-5-15(13-17)14-25-21-24-10-9-18(26-21)27-12-11-23-20(28)19(27)16-6-2-1-3-7-16/h1-10,13,19H,11-12,14,22H2,(H,23,28)(H,24,25,26). The lowest BCUT2D eigenvalue weighted by atomic mass is 10.0. The van der Waals surface area contributed by atoms with E-state index < -0.39 is 6.04 Å². The van der Waals surface area contributed by atoms with Gasteiger partial charge < -0.3 is 21.3 Å². The van der Waals surface area contributed by atoms with Gasteiger partial charge in [0.05, 0.1) is 0 Å². The van der Waals surface area contributed by atoms with Gasteiger partial charge in [-0.1, -0.05) is 42.5 Å². The molecule has 1 saturated heterocycles. The predicted octanol–water partition coefficient (Wildman–Crippen LogP) is 2.35. The van der Waals surface area contributed by atoms with Crippen LogP contribution in [0.15, 0.2) is 66.9 Å². The molecule has 2 heterocycles. The van der Waals surface area contributed by atoms with Gasteiger partial charge in [-0.3, -0.25) is 4.79 Å². The van der Waals surface area contributed by atoms with Gasteiger partial charge in [0.1, 0.15) is 11.9 Å². The molecule has 1 aliphatic rings. The number of rotatable bonds is 5. The van der Waals surface area contributed by atoms with E-state index in [0.29, 0.717) is 31.4 Å². The molecule has 1 unspecified atom stereocenters. The van der Waals surface area contributed by atoms with Crippen molar-refractivity contribution in [3.05, 3.63) is 78.0 Å². The molecule has 1 amide bonds. The third kappa shape index (κ3) is 3.88. The summed E-state index contributed by atoms with van der Waals surface area (Å²) in [5.41, 5.74) is 8.54. The zero-order valence-corrected chi connectivity index (χ0v) is 15.4. The van der Waals surface area contributed by atoms with Crippen molar-refractivity contribution in [2.75, 3.05) is 29.0 Å². The second-order valence-electron chi connectivity index (χ2n) is 6.63. The van der Waals surface area contributed by atoms with Crippen LogP contribution in [0.25, 0.3) is 0 Å². The van der Waals surface area contributed by atoms with Crippen molar-refractivity contribution in [1.82, 2.24) is 15.3 Å². The molecular formula is C21H22N6O. The van der Waals surface area contributed by atoms with Crippen LogP contribution < -0.4 is 21.3 Å². The Balaban J connectivity index is 1.56. The lowest BCUT2D eigenvalue weighted by Crippen LogP contribution is -2.50. The molecule has 7 nitrogen and oxygen atoms in total. The molecule has 0 saturated carbocycles. The van der Waals surface area contributed by atoms with Crippen molar-refractivity contribution in [2.24, 2.45) is 0 Å². The number of benzene rings is 2. The van der Waals surface area contributed by atoms with Crippen molar-refractivity contribution < 1.29 is 4.79 Å². The van der Waals surface area contributed by atoms with Crippen LogP contribution in [0.4, 0.5) is 17.5 Å². The minimum atomic E-state index is -0.411. The third-order valence-corrected chi connectivity index (χ3v) is 4.66. The number of nitrogens with one attached hydrogen (secondary N) is 2. The molecule has 1 aliphatic heterocycles. The molecule has 7 heteroatoms. The first-order chi connectivity index (χ1) is 13.7. The van der Waals surface area contributed by atoms with E-state index in [0.717, 1.165) is 16.8 Å². The largest absolute Gasteiger partial charge is 0.399 e. The number of hydrogen-bond acceptors (Lipinski definition) is 6. The number of carbonyl (C=O) groups is 1. The minimum Gasteiger partial charge on any atom is -0.399 e. The van der Waals surface area contributed by atoms with Crippen LogP contribution in [-0.4, -0.2) is 29.0 Å². The summed E-state index contributed by atoms with van der Waals surface area (Å²) >= 11 is 0. The van der Waals surface area contributed by atoms with Gasteiger partial charge in [-0.15, -0.1) is 0 Å². The number of carbonyl (C=O) groups excluding carboxylic acids is 1. The molecule has 1 aromatic heterocycles. The molecule has 0 radical (unpaired) electrons. The van der Waals surface area contributed by atoms with Crippen molar-refractivity contribution in [1.29, 1.82) is 0 Å². The summed E-state index contributed by atoms with van der Waals surface area (Å²) in [5, 5.41) is 6.17. The van der Waals surface area contributed by atoms with Crippen LogP contribution in [0.2, 0.25) is 0 Å². The van der Waals surface area contributed by atoms with Crippen LogP contribution in [-0.2, 0) is 11.3 Å². The fourth-order valence-corrected chi connectivity index (χ4v) is 3.36. The lowest BCUT2D eigenvalue weighted by molar-refractivity contribution is -0.123. The smallest absolute Gasteiger partial charge is 0.247 e. The first-order valence-corrected chi connectivity index (χ1v) is 9.21. The highest BCUT2D eigenvalue weighted by molar-refractivity contribution is 5.87. The zero-order chi connectivity index (χ0) is 19.3. The Labute approximate surface area is 163 Å². The van der Waals surface area contributed by atoms with Crippen molar-refractivity contribution in [3.8, 4) is 0 Å². The molecule has 4 N–H and O–H groups in total. The van der Waals surface area contributed by atoms with Crippen LogP contribution in [0, 0.1) is 0 Å². The summed E-state index contributed by atoms with van der Waals surface area (Å²) in [6.45, 7) is 1.83. The van der Waals surface area contributed by atoms with E-state index in [1.54, 1.807) is 6.20 Å². The highest BCUT2D eigenvalue weighted by Crippen LogP contribution is 2.28. The molecule has 0 bridgehead atoms. The van der Waals surface area contributed by atoms with E-state index >= 15 is 0 Å². The van der Waals surface area contributed by atoms with E-state index in [9.17, 15) is 4.79 Å². The predicted molar refractivity (Wildman–Crippen MR) is 110 cm³/mol. The number of amides is 1. The van der Waals surface area contributed by atoms with Gasteiger partial charge in [0, 0.05) is 31.5 Å². The molecule has 142 valence electrons. The number of aromatic nitrogens is 2. The van der Waals surface area contributed by atoms with Gasteiger partial charge in [0.25, 0.3) is 0 Å². The summed E-state index contributed by atoms with van der Waals surface area (Å²) < 4.78 is 0. The first kappa shape index (κ1) is 17.8. The molecule has 0 aliphatic carbocycles. The fraction of sp³-hybridized carbons (Fsp3) is 0.190. The van der Waals surface area contributed by atoms with Crippen molar-refractivity contribution in [3.63, 3.8) is 0 Å². The van der Waals surface area contributed by atoms with Gasteiger partial charge in [0.2, 0.25) is 11.9 Å². The quantitative estimate of drug-likeness (QED) is 0.593. The Bertz CT molecular complexity index is 962. The maximum absolute atomic E-state index is 12.6. The summed E-state index contributed by atoms with van der Waals surface area (Å²) in [6, 6.07) is 18.8. The Morgan fingerprint density at radius 3 is 2.82 bits per heavy atom. The second kappa shape index (κ2) is 7.96. The molecule has 2 aromatic carbocycles. The van der Waals surface area contributed by atoms with Gasteiger partial charge >= 0.3 is 0 Å². The average Bonchev–Trinajstić information content (AvgIpc) is 2.73. The highest BCUT2D eigenvalue weighted by Gasteiger charge is 2.32. The molecule has 1 atom stereocenters. The summed E-state index contributed by atoms with van der Waals surface area (Å²) in [4.78, 5) is 23.5. The lowest BCUT2D eigenvalue weighted by Gasteiger charge is -2.36. The summed E-state index contributed by atoms with van der Waals surface area (Å²) in [6.07, 6.45) is 1.71. The molecule has 0 spiro atoms. The zero-order valence-electron chi connectivity index (χ0n) is 15.4. The van der Waals surface area contributed by atoms with E-state index in [1.165, 1.54) is 0 Å². The Hall–Kier alpha value is -3.61. The monoisotopic (exact) mass is 374 g/mol. The number of nitrogens with two attached hydrogens (primary N) is 1. The maximum Gasteiger partial charge on any atom is 0.247 e. The number of hydrogen-bond donors (Lipinski definition) is 3.